The number of carbonyl (C=O) groups is 2. The van der Waals surface area contributed by atoms with Crippen LogP contribution in [0.2, 0.25) is 0 Å². The van der Waals surface area contributed by atoms with Crippen LogP contribution in [0.15, 0.2) is 122 Å². The maximum absolute atomic E-state index is 13.0. The molecule has 8 aromatic heterocycles. The van der Waals surface area contributed by atoms with Gasteiger partial charge in [-0.1, -0.05) is 12.1 Å². The average molecular weight is 831 g/mol. The number of hydrogen-bond donors (Lipinski definition) is 2. The molecular formula is C40H33Cl2N13O4. The molecule has 0 unspecified atom stereocenters. The van der Waals surface area contributed by atoms with Crippen molar-refractivity contribution < 1.29 is 19.4 Å². The Balaban J connectivity index is 0.000000174. The van der Waals surface area contributed by atoms with Gasteiger partial charge in [0.25, 0.3) is 5.91 Å². The number of ether oxygens (including phenoxy) is 1. The lowest BCUT2D eigenvalue weighted by Crippen LogP contribution is -2.13. The standard InChI is InChI=1S/C23H19N7O2.C16H12N6O2.CH2Cl2/c1-15-4-3-5-22(26-15)30-20(16-6-11-21-24-14-25-29(21)13-16)12-19(28-30)23(31)27-17-7-9-18(32-2)10-8-17;1-10-3-2-4-15(19-10)22-13(7-12(20-22)16(23)24)11-5-6-14-17-9-18-21(14)8-11;2-1-3/h3-14H,1-2H3,(H,27,31);2-9H,1H3,(H,23,24);1H2. The number of aryl methyl sites for hydroxylation is 2. The Morgan fingerprint density at radius 3 is 1.66 bits per heavy atom. The molecule has 9 aromatic rings. The minimum absolute atomic E-state index is 0.0491. The summed E-state index contributed by atoms with van der Waals surface area (Å²) in [6.45, 7) is 3.78. The molecule has 0 spiro atoms. The van der Waals surface area contributed by atoms with Gasteiger partial charge in [0, 0.05) is 40.6 Å². The predicted octanol–water partition coefficient (Wildman–Crippen LogP) is 6.95. The number of anilines is 1. The summed E-state index contributed by atoms with van der Waals surface area (Å²) in [5.74, 6) is 0.455. The number of carbonyl (C=O) groups excluding carboxylic acids is 1. The molecular weight excluding hydrogens is 797 g/mol. The Hall–Kier alpha value is -7.50. The second kappa shape index (κ2) is 17.7. The van der Waals surface area contributed by atoms with E-state index in [1.807, 2.05) is 74.6 Å². The number of nitrogens with zero attached hydrogens (tertiary/aromatic N) is 12. The summed E-state index contributed by atoms with van der Waals surface area (Å²) in [5.41, 5.74) is 6.86. The van der Waals surface area contributed by atoms with Crippen molar-refractivity contribution in [2.24, 2.45) is 0 Å². The van der Waals surface area contributed by atoms with Crippen molar-refractivity contribution in [1.29, 1.82) is 0 Å². The predicted molar refractivity (Wildman–Crippen MR) is 221 cm³/mol. The maximum atomic E-state index is 13.0. The number of nitrogens with one attached hydrogen (secondary N) is 1. The molecule has 0 atom stereocenters. The number of pyridine rings is 4. The molecule has 0 saturated carbocycles. The Bertz CT molecular complexity index is 2900. The van der Waals surface area contributed by atoms with Gasteiger partial charge in [0.05, 0.1) is 23.8 Å². The second-order valence-corrected chi connectivity index (χ2v) is 13.3. The molecule has 0 saturated heterocycles. The lowest BCUT2D eigenvalue weighted by atomic mass is 10.2. The fourth-order valence-corrected chi connectivity index (χ4v) is 5.84. The number of benzene rings is 1. The summed E-state index contributed by atoms with van der Waals surface area (Å²) in [6.07, 6.45) is 6.57. The van der Waals surface area contributed by atoms with E-state index in [9.17, 15) is 14.7 Å². The molecule has 59 heavy (non-hydrogen) atoms. The molecule has 1 aromatic carbocycles. The average Bonchev–Trinajstić information content (AvgIpc) is 4.07. The highest BCUT2D eigenvalue weighted by Crippen LogP contribution is 2.26. The van der Waals surface area contributed by atoms with Crippen molar-refractivity contribution in [3.8, 4) is 39.9 Å². The largest absolute Gasteiger partial charge is 0.497 e. The van der Waals surface area contributed by atoms with Crippen LogP contribution in [0.3, 0.4) is 0 Å². The summed E-state index contributed by atoms with van der Waals surface area (Å²) in [7, 11) is 1.59. The van der Waals surface area contributed by atoms with Gasteiger partial charge in [-0.25, -0.2) is 43.1 Å². The van der Waals surface area contributed by atoms with Crippen LogP contribution in [0, 0.1) is 13.8 Å². The Kier molecular flexibility index (Phi) is 11.9. The number of methoxy groups -OCH3 is 1. The summed E-state index contributed by atoms with van der Waals surface area (Å²) < 4.78 is 11.6. The minimum Gasteiger partial charge on any atom is -0.497 e. The molecule has 0 bridgehead atoms. The smallest absolute Gasteiger partial charge is 0.356 e. The zero-order valence-corrected chi connectivity index (χ0v) is 33.1. The Morgan fingerprint density at radius 2 is 1.19 bits per heavy atom. The number of hydrogen-bond acceptors (Lipinski definition) is 11. The fraction of sp³-hybridized carbons (Fsp3) is 0.100. The number of fused-ring (bicyclic) bond motifs is 2. The van der Waals surface area contributed by atoms with Gasteiger partial charge in [-0.3, -0.25) is 4.79 Å². The number of carboxylic acids is 1. The molecule has 1 amide bonds. The van der Waals surface area contributed by atoms with Crippen molar-refractivity contribution >= 4 is 52.1 Å². The van der Waals surface area contributed by atoms with Gasteiger partial charge < -0.3 is 15.2 Å². The van der Waals surface area contributed by atoms with E-state index < -0.39 is 5.97 Å². The van der Waals surface area contributed by atoms with Crippen molar-refractivity contribution in [2.45, 2.75) is 13.8 Å². The highest BCUT2D eigenvalue weighted by Gasteiger charge is 2.20. The molecule has 17 nitrogen and oxygen atoms in total. The molecule has 0 fully saturated rings. The van der Waals surface area contributed by atoms with E-state index >= 15 is 0 Å². The molecule has 0 radical (unpaired) electrons. The van der Waals surface area contributed by atoms with Gasteiger partial charge in [-0.05, 0) is 98.8 Å². The van der Waals surface area contributed by atoms with Crippen LogP contribution in [0.25, 0.3) is 45.4 Å². The van der Waals surface area contributed by atoms with E-state index in [0.717, 1.165) is 28.2 Å². The second-order valence-electron chi connectivity index (χ2n) is 12.5. The van der Waals surface area contributed by atoms with E-state index in [1.165, 1.54) is 23.4 Å². The van der Waals surface area contributed by atoms with Gasteiger partial charge >= 0.3 is 5.97 Å². The van der Waals surface area contributed by atoms with Crippen molar-refractivity contribution in [3.05, 3.63) is 145 Å². The molecule has 296 valence electrons. The first-order valence-corrected chi connectivity index (χ1v) is 18.7. The van der Waals surface area contributed by atoms with E-state index in [0.29, 0.717) is 40.1 Å². The number of carboxylic acid groups (broad SMARTS) is 1. The summed E-state index contributed by atoms with van der Waals surface area (Å²) in [4.78, 5) is 41.6. The molecule has 0 aliphatic heterocycles. The lowest BCUT2D eigenvalue weighted by Gasteiger charge is -2.07. The first kappa shape index (κ1) is 39.7. The molecule has 2 N–H and O–H groups in total. The molecule has 0 aliphatic rings. The number of aromatic nitrogens is 12. The molecule has 9 rings (SSSR count). The van der Waals surface area contributed by atoms with E-state index in [2.05, 4.69) is 45.6 Å². The summed E-state index contributed by atoms with van der Waals surface area (Å²) >= 11 is 9.53. The zero-order valence-electron chi connectivity index (χ0n) is 31.5. The quantitative estimate of drug-likeness (QED) is 0.150. The van der Waals surface area contributed by atoms with Crippen LogP contribution >= 0.6 is 23.2 Å². The SMILES string of the molecule is COc1ccc(NC(=O)c2cc(-c3ccc4ncnn4c3)n(-c3cccc(C)n3)n2)cc1.Cc1cccc(-n2nc(C(=O)O)cc2-c2ccc3ncnn3c2)n1.ClCCl. The third-order valence-corrected chi connectivity index (χ3v) is 8.54. The van der Waals surface area contributed by atoms with E-state index in [1.54, 1.807) is 63.4 Å². The Morgan fingerprint density at radius 1 is 0.695 bits per heavy atom. The summed E-state index contributed by atoms with van der Waals surface area (Å²) in [6, 6.07) is 29.0. The third-order valence-electron chi connectivity index (χ3n) is 8.54. The van der Waals surface area contributed by atoms with Crippen LogP contribution in [-0.2, 0) is 0 Å². The summed E-state index contributed by atoms with van der Waals surface area (Å²) in [5, 5.41) is 29.4. The minimum atomic E-state index is -1.09. The topological polar surface area (TPSA) is 197 Å². The van der Waals surface area contributed by atoms with Crippen LogP contribution in [0.5, 0.6) is 5.75 Å². The van der Waals surface area contributed by atoms with Gasteiger partial charge in [0.15, 0.2) is 34.3 Å². The van der Waals surface area contributed by atoms with Crippen molar-refractivity contribution in [1.82, 2.24) is 58.7 Å². The van der Waals surface area contributed by atoms with Gasteiger partial charge in [-0.2, -0.15) is 20.4 Å². The van der Waals surface area contributed by atoms with Crippen LogP contribution in [0.4, 0.5) is 5.69 Å². The number of aromatic carboxylic acids is 1. The number of halogens is 2. The first-order valence-electron chi connectivity index (χ1n) is 17.6. The number of alkyl halides is 2. The molecule has 8 heterocycles. The van der Waals surface area contributed by atoms with Crippen LogP contribution < -0.4 is 10.1 Å². The van der Waals surface area contributed by atoms with Crippen LogP contribution in [0.1, 0.15) is 32.4 Å². The van der Waals surface area contributed by atoms with E-state index in [4.69, 9.17) is 27.9 Å². The zero-order chi connectivity index (χ0) is 41.5. The van der Waals surface area contributed by atoms with Gasteiger partial charge in [-0.15, -0.1) is 23.2 Å². The number of amides is 1. The van der Waals surface area contributed by atoms with E-state index in [-0.39, 0.29) is 22.6 Å². The molecule has 19 heteroatoms. The maximum Gasteiger partial charge on any atom is 0.356 e. The monoisotopic (exact) mass is 829 g/mol. The normalized spacial score (nSPS) is 10.7. The third kappa shape index (κ3) is 9.06. The fourth-order valence-electron chi connectivity index (χ4n) is 5.84. The highest BCUT2D eigenvalue weighted by atomic mass is 35.5. The Labute approximate surface area is 345 Å². The molecule has 0 aliphatic carbocycles. The lowest BCUT2D eigenvalue weighted by molar-refractivity contribution is 0.0689. The van der Waals surface area contributed by atoms with Crippen molar-refractivity contribution in [3.63, 3.8) is 0 Å². The van der Waals surface area contributed by atoms with Crippen molar-refractivity contribution in [2.75, 3.05) is 17.8 Å². The number of rotatable bonds is 8. The van der Waals surface area contributed by atoms with Gasteiger partial charge in [0.2, 0.25) is 0 Å². The first-order chi connectivity index (χ1) is 28.6. The van der Waals surface area contributed by atoms with Crippen LogP contribution in [-0.4, -0.2) is 88.2 Å². The van der Waals surface area contributed by atoms with Gasteiger partial charge in [0.1, 0.15) is 18.4 Å². The highest BCUT2D eigenvalue weighted by molar-refractivity contribution is 6.40.